The maximum Gasteiger partial charge on any atom is 0.342 e. The van der Waals surface area contributed by atoms with Crippen LogP contribution in [0.5, 0.6) is 40.4 Å². The molecule has 2 heterocycles. The number of cyclic esters (lactones) is 1. The highest BCUT2D eigenvalue weighted by atomic mass is 16.5. The predicted octanol–water partition coefficient (Wildman–Crippen LogP) is 5.74. The van der Waals surface area contributed by atoms with Crippen LogP contribution in [0.4, 0.5) is 0 Å². The van der Waals surface area contributed by atoms with Crippen LogP contribution in [0.15, 0.2) is 45.6 Å². The Morgan fingerprint density at radius 3 is 2.24 bits per heavy atom. The fourth-order valence-corrected chi connectivity index (χ4v) is 5.54. The molecule has 1 atom stereocenters. The number of carbonyl (C=O) groups is 1. The van der Waals surface area contributed by atoms with Crippen molar-refractivity contribution in [3.8, 4) is 40.4 Å². The molecule has 0 saturated carbocycles. The number of phenolic OH excluding ortho intramolecular Hbond substituents is 1. The Labute approximate surface area is 233 Å². The largest absolute Gasteiger partial charge is 0.506 e. The standard InChI is InChI=1S/C31H26O10/c1-13-6-15-8-16-9-17(36-3)12-22(23(16)27(33)24(15)30(34)39-13)41-29-25-20(10-18(37-4)11-21(25)32)28(38-5)19-7-14(2)40-31(35)26(19)29/h7-13,33,35H,6H2,1-5H3/t13-/m1/s1. The van der Waals surface area contributed by atoms with Crippen molar-refractivity contribution >= 4 is 38.3 Å². The summed E-state index contributed by atoms with van der Waals surface area (Å²) in [5, 5.41) is 24.1. The minimum atomic E-state index is -0.652. The van der Waals surface area contributed by atoms with Gasteiger partial charge in [0.15, 0.2) is 11.2 Å². The molecule has 0 saturated heterocycles. The van der Waals surface area contributed by atoms with E-state index in [-0.39, 0.29) is 45.1 Å². The number of aryl methyl sites for hydroxylation is 1. The molecule has 10 nitrogen and oxygen atoms in total. The predicted molar refractivity (Wildman–Crippen MR) is 150 cm³/mol. The fourth-order valence-electron chi connectivity index (χ4n) is 5.54. The summed E-state index contributed by atoms with van der Waals surface area (Å²) >= 11 is 0. The minimum Gasteiger partial charge on any atom is -0.506 e. The lowest BCUT2D eigenvalue weighted by Gasteiger charge is -2.24. The number of phenols is 1. The SMILES string of the molecule is COc1cc(Oc2c3c(O)oc(C)cc3c(OC)c3cc(OC)cc(=O)c23)c2c(O)c3c(cc2c1)C[C@@H](C)OC3=O. The van der Waals surface area contributed by atoms with Gasteiger partial charge >= 0.3 is 5.97 Å². The minimum absolute atomic E-state index is 0.0396. The van der Waals surface area contributed by atoms with Crippen LogP contribution in [0.1, 0.15) is 28.6 Å². The molecule has 1 aliphatic heterocycles. The number of esters is 1. The molecule has 6 rings (SSSR count). The third kappa shape index (κ3) is 4.02. The van der Waals surface area contributed by atoms with Gasteiger partial charge < -0.3 is 38.3 Å². The number of hydrogen-bond donors (Lipinski definition) is 2. The van der Waals surface area contributed by atoms with E-state index in [4.69, 9.17) is 28.1 Å². The Morgan fingerprint density at radius 1 is 0.829 bits per heavy atom. The molecule has 1 aromatic heterocycles. The summed E-state index contributed by atoms with van der Waals surface area (Å²) in [4.78, 5) is 26.3. The zero-order chi connectivity index (χ0) is 29.2. The van der Waals surface area contributed by atoms with E-state index in [9.17, 15) is 19.8 Å². The summed E-state index contributed by atoms with van der Waals surface area (Å²) in [7, 11) is 4.38. The zero-order valence-electron chi connectivity index (χ0n) is 22.9. The van der Waals surface area contributed by atoms with Gasteiger partial charge in [-0.3, -0.25) is 4.79 Å². The number of rotatable bonds is 5. The monoisotopic (exact) mass is 558 g/mol. The van der Waals surface area contributed by atoms with Crippen molar-refractivity contribution in [2.75, 3.05) is 21.3 Å². The average Bonchev–Trinajstić information content (AvgIpc) is 2.91. The fraction of sp³-hybridized carbons (Fsp3) is 0.226. The highest BCUT2D eigenvalue weighted by Crippen LogP contribution is 2.50. The molecule has 5 aromatic rings. The summed E-state index contributed by atoms with van der Waals surface area (Å²) in [6, 6.07) is 9.57. The number of fused-ring (bicyclic) bond motifs is 4. The summed E-state index contributed by atoms with van der Waals surface area (Å²) in [5.41, 5.74) is 0.192. The number of carbonyl (C=O) groups excluding carboxylic acids is 1. The van der Waals surface area contributed by atoms with Gasteiger partial charge in [-0.15, -0.1) is 0 Å². The number of methoxy groups -OCH3 is 3. The van der Waals surface area contributed by atoms with Crippen LogP contribution in [-0.4, -0.2) is 43.6 Å². The molecule has 0 aliphatic carbocycles. The summed E-state index contributed by atoms with van der Waals surface area (Å²) in [5.74, 6) is -0.0855. The molecule has 0 radical (unpaired) electrons. The molecule has 0 bridgehead atoms. The smallest absolute Gasteiger partial charge is 0.342 e. The van der Waals surface area contributed by atoms with Crippen molar-refractivity contribution in [1.82, 2.24) is 0 Å². The van der Waals surface area contributed by atoms with E-state index in [0.29, 0.717) is 51.2 Å². The number of hydrogen-bond acceptors (Lipinski definition) is 10. The zero-order valence-corrected chi connectivity index (χ0v) is 22.9. The molecule has 0 unspecified atom stereocenters. The Bertz CT molecular complexity index is 1970. The van der Waals surface area contributed by atoms with E-state index in [1.54, 1.807) is 38.1 Å². The lowest BCUT2D eigenvalue weighted by atomic mass is 9.93. The van der Waals surface area contributed by atoms with Gasteiger partial charge in [0.05, 0.1) is 32.1 Å². The maximum absolute atomic E-state index is 13.5. The van der Waals surface area contributed by atoms with Crippen LogP contribution in [0.25, 0.3) is 32.3 Å². The number of benzene rings is 4. The van der Waals surface area contributed by atoms with Crippen LogP contribution in [-0.2, 0) is 11.2 Å². The third-order valence-corrected chi connectivity index (χ3v) is 7.25. The highest BCUT2D eigenvalue weighted by molar-refractivity contribution is 6.13. The van der Waals surface area contributed by atoms with Crippen LogP contribution < -0.4 is 24.4 Å². The second-order valence-electron chi connectivity index (χ2n) is 9.87. The van der Waals surface area contributed by atoms with E-state index >= 15 is 0 Å². The normalized spacial score (nSPS) is 14.7. The van der Waals surface area contributed by atoms with E-state index < -0.39 is 17.3 Å². The molecule has 4 aromatic carbocycles. The second-order valence-corrected chi connectivity index (χ2v) is 9.87. The number of ether oxygens (including phenoxy) is 5. The molecule has 1 aliphatic rings. The summed E-state index contributed by atoms with van der Waals surface area (Å²) in [6.07, 6.45) is 0.0646. The van der Waals surface area contributed by atoms with Crippen molar-refractivity contribution in [2.45, 2.75) is 26.4 Å². The topological polar surface area (TPSA) is 134 Å². The third-order valence-electron chi connectivity index (χ3n) is 7.25. The Hall–Kier alpha value is -5.12. The first-order valence-electron chi connectivity index (χ1n) is 12.8. The number of aromatic hydroxyl groups is 2. The summed E-state index contributed by atoms with van der Waals surface area (Å²) < 4.78 is 33.9. The van der Waals surface area contributed by atoms with Crippen molar-refractivity contribution in [3.63, 3.8) is 0 Å². The Kier molecular flexibility index (Phi) is 6.06. The van der Waals surface area contributed by atoms with Gasteiger partial charge in [0.25, 0.3) is 5.95 Å². The summed E-state index contributed by atoms with van der Waals surface area (Å²) in [6.45, 7) is 3.43. The molecule has 0 spiro atoms. The molecule has 210 valence electrons. The lowest BCUT2D eigenvalue weighted by molar-refractivity contribution is 0.0297. The molecular formula is C31H26O10. The highest BCUT2D eigenvalue weighted by Gasteiger charge is 2.31. The molecule has 41 heavy (non-hydrogen) atoms. The average molecular weight is 559 g/mol. The maximum atomic E-state index is 13.5. The lowest BCUT2D eigenvalue weighted by Crippen LogP contribution is -2.25. The van der Waals surface area contributed by atoms with Crippen LogP contribution >= 0.6 is 0 Å². The van der Waals surface area contributed by atoms with Crippen molar-refractivity contribution in [3.05, 3.63) is 63.5 Å². The van der Waals surface area contributed by atoms with Crippen molar-refractivity contribution < 1.29 is 43.1 Å². The van der Waals surface area contributed by atoms with Crippen LogP contribution in [0, 0.1) is 6.92 Å². The van der Waals surface area contributed by atoms with Gasteiger partial charge in [-0.25, -0.2) is 4.79 Å². The van der Waals surface area contributed by atoms with E-state index in [1.807, 2.05) is 0 Å². The van der Waals surface area contributed by atoms with Gasteiger partial charge in [0.1, 0.15) is 51.6 Å². The van der Waals surface area contributed by atoms with Crippen molar-refractivity contribution in [1.29, 1.82) is 0 Å². The van der Waals surface area contributed by atoms with Gasteiger partial charge in [-0.2, -0.15) is 0 Å². The first-order valence-corrected chi connectivity index (χ1v) is 12.8. The quantitative estimate of drug-likeness (QED) is 0.203. The molecule has 10 heteroatoms. The molecule has 2 N–H and O–H groups in total. The molecule has 0 fully saturated rings. The first kappa shape index (κ1) is 26.1. The van der Waals surface area contributed by atoms with Gasteiger partial charge in [-0.05, 0) is 49.1 Å². The van der Waals surface area contributed by atoms with Gasteiger partial charge in [0.2, 0.25) is 0 Å². The van der Waals surface area contributed by atoms with E-state index in [0.717, 1.165) is 0 Å². The van der Waals surface area contributed by atoms with E-state index in [2.05, 4.69) is 0 Å². The first-order chi connectivity index (χ1) is 19.6. The van der Waals surface area contributed by atoms with Gasteiger partial charge in [-0.1, -0.05) is 0 Å². The van der Waals surface area contributed by atoms with E-state index in [1.165, 1.54) is 33.5 Å². The van der Waals surface area contributed by atoms with Gasteiger partial charge in [0, 0.05) is 29.3 Å². The Morgan fingerprint density at radius 2 is 1.54 bits per heavy atom. The van der Waals surface area contributed by atoms with Crippen LogP contribution in [0.2, 0.25) is 0 Å². The molecular weight excluding hydrogens is 532 g/mol. The second kappa shape index (κ2) is 9.51. The van der Waals surface area contributed by atoms with Crippen LogP contribution in [0.3, 0.4) is 0 Å². The molecule has 0 amide bonds. The van der Waals surface area contributed by atoms with Crippen molar-refractivity contribution in [2.24, 2.45) is 0 Å². The Balaban J connectivity index is 1.74.